The second-order valence-electron chi connectivity index (χ2n) is 5.65. The Balaban J connectivity index is 1.92. The van der Waals surface area contributed by atoms with Crippen molar-refractivity contribution in [2.45, 2.75) is 26.3 Å². The highest BCUT2D eigenvalue weighted by Crippen LogP contribution is 2.23. The number of nitrogen functional groups attached to an aromatic ring is 1. The molecule has 0 radical (unpaired) electrons. The molecule has 1 aliphatic heterocycles. The maximum absolute atomic E-state index is 6.07. The van der Waals surface area contributed by atoms with Crippen LogP contribution in [0.2, 0.25) is 0 Å². The highest BCUT2D eigenvalue weighted by molar-refractivity contribution is 5.77. The first-order valence-electron chi connectivity index (χ1n) is 6.91. The van der Waals surface area contributed by atoms with Crippen LogP contribution < -0.4 is 5.73 Å². The van der Waals surface area contributed by atoms with Gasteiger partial charge in [-0.2, -0.15) is 0 Å². The van der Waals surface area contributed by atoms with Gasteiger partial charge < -0.3 is 10.6 Å². The normalized spacial score (nSPS) is 21.1. The van der Waals surface area contributed by atoms with Crippen LogP contribution in [0.1, 0.15) is 18.4 Å². The molecule has 0 aromatic carbocycles. The molecular weight excluding hydrogens is 238 g/mol. The summed E-state index contributed by atoms with van der Waals surface area (Å²) in [6.07, 6.45) is 4.36. The molecule has 5 heteroatoms. The van der Waals surface area contributed by atoms with Crippen LogP contribution in [0.15, 0.2) is 12.3 Å². The first-order valence-corrected chi connectivity index (χ1v) is 6.91. The van der Waals surface area contributed by atoms with Crippen LogP contribution in [0, 0.1) is 12.8 Å². The average molecular weight is 259 g/mol. The molecule has 3 heterocycles. The molecule has 2 N–H and O–H groups in total. The van der Waals surface area contributed by atoms with Gasteiger partial charge in [0.2, 0.25) is 5.95 Å². The topological polar surface area (TPSA) is 60.0 Å². The molecule has 0 amide bonds. The predicted molar refractivity (Wildman–Crippen MR) is 76.9 cm³/mol. The maximum Gasteiger partial charge on any atom is 0.202 e. The van der Waals surface area contributed by atoms with E-state index in [2.05, 4.69) is 33.4 Å². The zero-order valence-electron chi connectivity index (χ0n) is 11.6. The second kappa shape index (κ2) is 4.81. The van der Waals surface area contributed by atoms with E-state index >= 15 is 0 Å². The molecule has 2 aromatic rings. The van der Waals surface area contributed by atoms with Gasteiger partial charge in [-0.3, -0.25) is 4.57 Å². The molecule has 102 valence electrons. The Kier molecular flexibility index (Phi) is 3.14. The Bertz CT molecular complexity index is 589. The Morgan fingerprint density at radius 1 is 1.47 bits per heavy atom. The lowest BCUT2D eigenvalue weighted by Gasteiger charge is -2.30. The van der Waals surface area contributed by atoms with Gasteiger partial charge in [0.1, 0.15) is 5.52 Å². The van der Waals surface area contributed by atoms with Crippen molar-refractivity contribution in [2.75, 3.05) is 25.9 Å². The zero-order chi connectivity index (χ0) is 13.4. The number of nitrogens with zero attached hydrogens (tertiary/aromatic N) is 4. The lowest BCUT2D eigenvalue weighted by atomic mass is 9.98. The summed E-state index contributed by atoms with van der Waals surface area (Å²) in [5, 5.41) is 0. The van der Waals surface area contributed by atoms with Gasteiger partial charge in [0.15, 0.2) is 5.65 Å². The third-order valence-electron chi connectivity index (χ3n) is 4.03. The SMILES string of the molecule is Cc1ccnc2c1nc(N)n2CC1CCCN(C)C1. The van der Waals surface area contributed by atoms with Crippen molar-refractivity contribution in [3.05, 3.63) is 17.8 Å². The molecule has 19 heavy (non-hydrogen) atoms. The van der Waals surface area contributed by atoms with E-state index in [0.717, 1.165) is 29.8 Å². The molecular formula is C14H21N5. The molecule has 0 aliphatic carbocycles. The van der Waals surface area contributed by atoms with Crippen molar-refractivity contribution in [3.8, 4) is 0 Å². The van der Waals surface area contributed by atoms with Crippen LogP contribution in [0.4, 0.5) is 5.95 Å². The minimum atomic E-state index is 0.588. The Labute approximate surface area is 113 Å². The van der Waals surface area contributed by atoms with E-state index < -0.39 is 0 Å². The van der Waals surface area contributed by atoms with Gasteiger partial charge in [-0.15, -0.1) is 0 Å². The number of hydrogen-bond donors (Lipinski definition) is 1. The van der Waals surface area contributed by atoms with Gasteiger partial charge in [0.25, 0.3) is 0 Å². The Morgan fingerprint density at radius 2 is 2.32 bits per heavy atom. The number of anilines is 1. The molecule has 1 saturated heterocycles. The van der Waals surface area contributed by atoms with Crippen LogP contribution in [0.5, 0.6) is 0 Å². The van der Waals surface area contributed by atoms with E-state index in [1.165, 1.54) is 19.4 Å². The van der Waals surface area contributed by atoms with Crippen LogP contribution in [-0.2, 0) is 6.54 Å². The van der Waals surface area contributed by atoms with Crippen molar-refractivity contribution in [1.82, 2.24) is 19.4 Å². The number of aromatic nitrogens is 3. The van der Waals surface area contributed by atoms with Crippen molar-refractivity contribution in [3.63, 3.8) is 0 Å². The fourth-order valence-corrected chi connectivity index (χ4v) is 3.02. The molecule has 1 fully saturated rings. The first kappa shape index (κ1) is 12.4. The predicted octanol–water partition coefficient (Wildman–Crippen LogP) is 1.66. The summed E-state index contributed by atoms with van der Waals surface area (Å²) in [5.41, 5.74) is 9.06. The zero-order valence-corrected chi connectivity index (χ0v) is 11.6. The first-order chi connectivity index (χ1) is 9.15. The van der Waals surface area contributed by atoms with Gasteiger partial charge in [0.05, 0.1) is 0 Å². The second-order valence-corrected chi connectivity index (χ2v) is 5.65. The Hall–Kier alpha value is -1.62. The lowest BCUT2D eigenvalue weighted by Crippen LogP contribution is -2.34. The van der Waals surface area contributed by atoms with E-state index in [1.807, 2.05) is 12.3 Å². The third-order valence-corrected chi connectivity index (χ3v) is 4.03. The van der Waals surface area contributed by atoms with Crippen LogP contribution in [0.25, 0.3) is 11.2 Å². The monoisotopic (exact) mass is 259 g/mol. The summed E-state index contributed by atoms with van der Waals surface area (Å²) in [7, 11) is 2.18. The largest absolute Gasteiger partial charge is 0.369 e. The number of piperidine rings is 1. The number of likely N-dealkylation sites (tertiary alicyclic amines) is 1. The molecule has 5 nitrogen and oxygen atoms in total. The fourth-order valence-electron chi connectivity index (χ4n) is 3.02. The maximum atomic E-state index is 6.07. The molecule has 0 saturated carbocycles. The summed E-state index contributed by atoms with van der Waals surface area (Å²) in [5.74, 6) is 1.23. The van der Waals surface area contributed by atoms with Crippen molar-refractivity contribution >= 4 is 17.1 Å². The standard InChI is InChI=1S/C14H21N5/c1-10-5-6-16-13-12(10)17-14(15)19(13)9-11-4-3-7-18(2)8-11/h5-6,11H,3-4,7-9H2,1-2H3,(H2,15,17). The summed E-state index contributed by atoms with van der Waals surface area (Å²) in [4.78, 5) is 11.3. The smallest absolute Gasteiger partial charge is 0.202 e. The molecule has 1 unspecified atom stereocenters. The molecule has 0 spiro atoms. The number of fused-ring (bicyclic) bond motifs is 1. The number of hydrogen-bond acceptors (Lipinski definition) is 4. The van der Waals surface area contributed by atoms with Crippen molar-refractivity contribution < 1.29 is 0 Å². The number of pyridine rings is 1. The summed E-state index contributed by atoms with van der Waals surface area (Å²) < 4.78 is 2.08. The lowest BCUT2D eigenvalue weighted by molar-refractivity contribution is 0.196. The quantitative estimate of drug-likeness (QED) is 0.891. The molecule has 1 atom stereocenters. The number of imidazole rings is 1. The van der Waals surface area contributed by atoms with Crippen molar-refractivity contribution in [2.24, 2.45) is 5.92 Å². The molecule has 1 aliphatic rings. The van der Waals surface area contributed by atoms with E-state index in [0.29, 0.717) is 11.9 Å². The van der Waals surface area contributed by atoms with Gasteiger partial charge in [-0.05, 0) is 50.9 Å². The molecule has 0 bridgehead atoms. The van der Waals surface area contributed by atoms with E-state index in [4.69, 9.17) is 5.73 Å². The minimum absolute atomic E-state index is 0.588. The minimum Gasteiger partial charge on any atom is -0.369 e. The van der Waals surface area contributed by atoms with Gasteiger partial charge in [-0.1, -0.05) is 0 Å². The van der Waals surface area contributed by atoms with E-state index in [-0.39, 0.29) is 0 Å². The highest BCUT2D eigenvalue weighted by Gasteiger charge is 2.20. The number of rotatable bonds is 2. The highest BCUT2D eigenvalue weighted by atomic mass is 15.2. The number of nitrogens with two attached hydrogens (primary N) is 1. The molecule has 3 rings (SSSR count). The van der Waals surface area contributed by atoms with Crippen LogP contribution in [0.3, 0.4) is 0 Å². The fraction of sp³-hybridized carbons (Fsp3) is 0.571. The van der Waals surface area contributed by atoms with Crippen LogP contribution in [-0.4, -0.2) is 39.6 Å². The Morgan fingerprint density at radius 3 is 3.11 bits per heavy atom. The summed E-state index contributed by atoms with van der Waals surface area (Å²) >= 11 is 0. The summed E-state index contributed by atoms with van der Waals surface area (Å²) in [6.45, 7) is 5.30. The average Bonchev–Trinajstić information content (AvgIpc) is 2.69. The van der Waals surface area contributed by atoms with E-state index in [9.17, 15) is 0 Å². The van der Waals surface area contributed by atoms with Gasteiger partial charge in [0, 0.05) is 19.3 Å². The summed E-state index contributed by atoms with van der Waals surface area (Å²) in [6, 6.07) is 1.98. The van der Waals surface area contributed by atoms with E-state index in [1.54, 1.807) is 0 Å². The van der Waals surface area contributed by atoms with Crippen LogP contribution >= 0.6 is 0 Å². The number of aryl methyl sites for hydroxylation is 1. The van der Waals surface area contributed by atoms with Gasteiger partial charge >= 0.3 is 0 Å². The van der Waals surface area contributed by atoms with Gasteiger partial charge in [-0.25, -0.2) is 9.97 Å². The van der Waals surface area contributed by atoms with Crippen molar-refractivity contribution in [1.29, 1.82) is 0 Å². The molecule has 2 aromatic heterocycles. The third kappa shape index (κ3) is 2.30.